The first-order valence-corrected chi connectivity index (χ1v) is 8.87. The van der Waals surface area contributed by atoms with E-state index < -0.39 is 6.10 Å². The number of carbonyl (C=O) groups excluding carboxylic acids is 1. The van der Waals surface area contributed by atoms with Crippen molar-refractivity contribution in [2.24, 2.45) is 0 Å². The van der Waals surface area contributed by atoms with Crippen molar-refractivity contribution in [2.45, 2.75) is 12.5 Å². The van der Waals surface area contributed by atoms with E-state index in [1.165, 1.54) is 11.3 Å². The van der Waals surface area contributed by atoms with Crippen molar-refractivity contribution in [1.82, 2.24) is 14.1 Å². The van der Waals surface area contributed by atoms with Crippen molar-refractivity contribution in [1.29, 1.82) is 0 Å². The minimum Gasteiger partial charge on any atom is -0.387 e. The number of benzene rings is 2. The molecule has 0 saturated heterocycles. The Hall–Kier alpha value is -2.51. The summed E-state index contributed by atoms with van der Waals surface area (Å²) < 4.78 is 8.26. The van der Waals surface area contributed by atoms with Crippen LogP contribution in [0.2, 0.25) is 0 Å². The number of aliphatic hydroxyl groups excluding tert-OH is 1. The molecule has 0 fully saturated rings. The fraction of sp³-hybridized carbons (Fsp3) is 0.278. The SMILES string of the molecule is CN1CCc2cc([C@H](O)CNC(=O)c3ccc4nsnc4c3)ccc21. The van der Waals surface area contributed by atoms with E-state index in [1.54, 1.807) is 18.2 Å². The van der Waals surface area contributed by atoms with E-state index in [1.807, 2.05) is 18.2 Å². The number of aromatic nitrogens is 2. The summed E-state index contributed by atoms with van der Waals surface area (Å²) in [5.41, 5.74) is 5.29. The van der Waals surface area contributed by atoms with Gasteiger partial charge in [-0.2, -0.15) is 8.75 Å². The van der Waals surface area contributed by atoms with Gasteiger partial charge in [-0.3, -0.25) is 4.79 Å². The molecule has 0 spiro atoms. The van der Waals surface area contributed by atoms with Gasteiger partial charge in [0.15, 0.2) is 0 Å². The smallest absolute Gasteiger partial charge is 0.251 e. The second-order valence-electron chi connectivity index (χ2n) is 6.25. The monoisotopic (exact) mass is 354 g/mol. The molecule has 3 aromatic rings. The van der Waals surface area contributed by atoms with Crippen LogP contribution in [0.3, 0.4) is 0 Å². The van der Waals surface area contributed by atoms with Crippen molar-refractivity contribution >= 4 is 34.4 Å². The van der Waals surface area contributed by atoms with E-state index in [-0.39, 0.29) is 12.5 Å². The largest absolute Gasteiger partial charge is 0.387 e. The lowest BCUT2D eigenvalue weighted by atomic mass is 10.0. The number of nitrogens with zero attached hydrogens (tertiary/aromatic N) is 3. The van der Waals surface area contributed by atoms with Gasteiger partial charge in [-0.25, -0.2) is 0 Å². The molecule has 7 heteroatoms. The molecule has 2 aromatic carbocycles. The Kier molecular flexibility index (Phi) is 4.10. The van der Waals surface area contributed by atoms with Crippen molar-refractivity contribution in [2.75, 3.05) is 25.0 Å². The first-order chi connectivity index (χ1) is 12.1. The zero-order valence-electron chi connectivity index (χ0n) is 13.8. The van der Waals surface area contributed by atoms with E-state index in [0.717, 1.165) is 35.8 Å². The number of nitrogens with one attached hydrogen (secondary N) is 1. The number of carbonyl (C=O) groups is 1. The Morgan fingerprint density at radius 2 is 2.12 bits per heavy atom. The van der Waals surface area contributed by atoms with E-state index >= 15 is 0 Å². The molecule has 2 N–H and O–H groups in total. The standard InChI is InChI=1S/C18H18N4O2S/c1-22-7-6-11-8-12(3-5-16(11)22)17(23)10-19-18(24)13-2-4-14-15(9-13)21-25-20-14/h2-5,8-9,17,23H,6-7,10H2,1H3,(H,19,24)/t17-/m1/s1. The molecular weight excluding hydrogens is 336 g/mol. The fourth-order valence-corrected chi connectivity index (χ4v) is 3.64. The van der Waals surface area contributed by atoms with Gasteiger partial charge in [0.25, 0.3) is 5.91 Å². The lowest BCUT2D eigenvalue weighted by molar-refractivity contribution is 0.0916. The highest BCUT2D eigenvalue weighted by Crippen LogP contribution is 2.29. The molecule has 0 unspecified atom stereocenters. The minimum atomic E-state index is -0.732. The van der Waals surface area contributed by atoms with Crippen LogP contribution in [0.25, 0.3) is 11.0 Å². The highest BCUT2D eigenvalue weighted by molar-refractivity contribution is 7.00. The predicted molar refractivity (Wildman–Crippen MR) is 98.1 cm³/mol. The summed E-state index contributed by atoms with van der Waals surface area (Å²) in [5, 5.41) is 13.2. The molecule has 6 nitrogen and oxygen atoms in total. The molecule has 25 heavy (non-hydrogen) atoms. The topological polar surface area (TPSA) is 78.4 Å². The first kappa shape index (κ1) is 16.0. The maximum Gasteiger partial charge on any atom is 0.251 e. The van der Waals surface area contributed by atoms with Crippen molar-refractivity contribution in [3.05, 3.63) is 53.1 Å². The maximum absolute atomic E-state index is 12.3. The third-order valence-corrected chi connectivity index (χ3v) is 5.14. The van der Waals surface area contributed by atoms with Gasteiger partial charge in [-0.1, -0.05) is 12.1 Å². The summed E-state index contributed by atoms with van der Waals surface area (Å²) in [6, 6.07) is 11.2. The van der Waals surface area contributed by atoms with Gasteiger partial charge < -0.3 is 15.3 Å². The molecule has 0 saturated carbocycles. The molecule has 1 aromatic heterocycles. The lowest BCUT2D eigenvalue weighted by Gasteiger charge is -2.15. The molecule has 4 rings (SSSR count). The van der Waals surface area contributed by atoms with E-state index in [0.29, 0.717) is 11.1 Å². The number of anilines is 1. The van der Waals surface area contributed by atoms with Crippen LogP contribution in [0.4, 0.5) is 5.69 Å². The second kappa shape index (κ2) is 6.42. The first-order valence-electron chi connectivity index (χ1n) is 8.14. The number of amides is 1. The van der Waals surface area contributed by atoms with Crippen LogP contribution in [0.5, 0.6) is 0 Å². The lowest BCUT2D eigenvalue weighted by Crippen LogP contribution is -2.28. The van der Waals surface area contributed by atoms with Gasteiger partial charge in [-0.15, -0.1) is 0 Å². The minimum absolute atomic E-state index is 0.167. The van der Waals surface area contributed by atoms with Gasteiger partial charge >= 0.3 is 0 Å². The average Bonchev–Trinajstić information content (AvgIpc) is 3.25. The maximum atomic E-state index is 12.3. The van der Waals surface area contributed by atoms with Gasteiger partial charge in [-0.05, 0) is 41.8 Å². The van der Waals surface area contributed by atoms with Crippen LogP contribution in [0.1, 0.15) is 27.6 Å². The zero-order chi connectivity index (χ0) is 17.4. The van der Waals surface area contributed by atoms with Crippen LogP contribution in [0, 0.1) is 0 Å². The molecule has 1 atom stereocenters. The summed E-state index contributed by atoms with van der Waals surface area (Å²) in [7, 11) is 2.07. The number of aliphatic hydroxyl groups is 1. The summed E-state index contributed by atoms with van der Waals surface area (Å²) >= 11 is 1.12. The van der Waals surface area contributed by atoms with Crippen LogP contribution in [0.15, 0.2) is 36.4 Å². The molecule has 1 aliphatic heterocycles. The molecule has 0 aliphatic carbocycles. The highest BCUT2D eigenvalue weighted by Gasteiger charge is 2.18. The molecule has 0 bridgehead atoms. The van der Waals surface area contributed by atoms with Crippen LogP contribution in [-0.2, 0) is 6.42 Å². The normalized spacial score (nSPS) is 14.6. The molecule has 2 heterocycles. The fourth-order valence-electron chi connectivity index (χ4n) is 3.13. The number of hydrogen-bond donors (Lipinski definition) is 2. The van der Waals surface area contributed by atoms with Crippen LogP contribution in [-0.4, -0.2) is 39.9 Å². The van der Waals surface area contributed by atoms with E-state index in [4.69, 9.17) is 0 Å². The van der Waals surface area contributed by atoms with Crippen molar-refractivity contribution in [3.8, 4) is 0 Å². The quantitative estimate of drug-likeness (QED) is 0.751. The number of hydrogen-bond acceptors (Lipinski definition) is 6. The summed E-state index contributed by atoms with van der Waals surface area (Å²) in [5.74, 6) is -0.227. The van der Waals surface area contributed by atoms with E-state index in [9.17, 15) is 9.90 Å². The molecular formula is C18H18N4O2S. The Labute approximate surface area is 149 Å². The molecule has 128 valence electrons. The Balaban J connectivity index is 1.42. The van der Waals surface area contributed by atoms with E-state index in [2.05, 4.69) is 26.0 Å². The number of fused-ring (bicyclic) bond motifs is 2. The van der Waals surface area contributed by atoms with Gasteiger partial charge in [0.1, 0.15) is 11.0 Å². The summed E-state index contributed by atoms with van der Waals surface area (Å²) in [4.78, 5) is 14.5. The average molecular weight is 354 g/mol. The Morgan fingerprint density at radius 1 is 1.28 bits per heavy atom. The predicted octanol–water partition coefficient (Wildman–Crippen LogP) is 2.15. The third kappa shape index (κ3) is 3.08. The van der Waals surface area contributed by atoms with Gasteiger partial charge in [0.05, 0.1) is 17.8 Å². The summed E-state index contributed by atoms with van der Waals surface area (Å²) in [6.45, 7) is 1.17. The van der Waals surface area contributed by atoms with Crippen molar-refractivity contribution < 1.29 is 9.90 Å². The van der Waals surface area contributed by atoms with Gasteiger partial charge in [0.2, 0.25) is 0 Å². The Bertz CT molecular complexity index is 940. The number of likely N-dealkylation sites (N-methyl/N-ethyl adjacent to an activating group) is 1. The number of rotatable bonds is 4. The van der Waals surface area contributed by atoms with Crippen molar-refractivity contribution in [3.63, 3.8) is 0 Å². The zero-order valence-corrected chi connectivity index (χ0v) is 14.6. The highest BCUT2D eigenvalue weighted by atomic mass is 32.1. The molecule has 0 radical (unpaired) electrons. The third-order valence-electron chi connectivity index (χ3n) is 4.59. The van der Waals surface area contributed by atoms with Gasteiger partial charge in [0, 0.05) is 31.4 Å². The summed E-state index contributed by atoms with van der Waals surface area (Å²) in [6.07, 6.45) is 0.255. The van der Waals surface area contributed by atoms with Crippen LogP contribution < -0.4 is 10.2 Å². The molecule has 1 aliphatic rings. The molecule has 1 amide bonds. The van der Waals surface area contributed by atoms with Crippen LogP contribution >= 0.6 is 11.7 Å². The second-order valence-corrected chi connectivity index (χ2v) is 6.78. The Morgan fingerprint density at radius 3 is 3.00 bits per heavy atom.